The van der Waals surface area contributed by atoms with Gasteiger partial charge in [0.1, 0.15) is 11.6 Å². The Bertz CT molecular complexity index is 454. The Morgan fingerprint density at radius 1 is 1.60 bits per heavy atom. The summed E-state index contributed by atoms with van der Waals surface area (Å²) in [5.74, 6) is -3.19. The van der Waals surface area contributed by atoms with Crippen LogP contribution in [0.1, 0.15) is 28.0 Å². The van der Waals surface area contributed by atoms with E-state index in [1.165, 1.54) is 6.07 Å². The summed E-state index contributed by atoms with van der Waals surface area (Å²) in [6, 6.07) is 1.19. The molecule has 7 heteroatoms. The lowest BCUT2D eigenvalue weighted by molar-refractivity contribution is 0.0688. The molecule has 0 bridgehead atoms. The highest BCUT2D eigenvalue weighted by Crippen LogP contribution is 2.24. The maximum absolute atomic E-state index is 13.1. The zero-order chi connectivity index (χ0) is 11.6. The van der Waals surface area contributed by atoms with Crippen molar-refractivity contribution in [2.45, 2.75) is 6.43 Å². The fourth-order valence-corrected chi connectivity index (χ4v) is 0.920. The molecule has 0 atom stereocenters. The van der Waals surface area contributed by atoms with E-state index in [4.69, 9.17) is 10.4 Å². The topological polar surface area (TPSA) is 74.0 Å². The molecule has 0 spiro atoms. The highest BCUT2D eigenvalue weighted by molar-refractivity contribution is 5.88. The van der Waals surface area contributed by atoms with Crippen molar-refractivity contribution in [2.24, 2.45) is 0 Å². The molecule has 1 aromatic heterocycles. The third-order valence-corrected chi connectivity index (χ3v) is 1.59. The van der Waals surface area contributed by atoms with Crippen LogP contribution in [0.2, 0.25) is 0 Å². The van der Waals surface area contributed by atoms with E-state index >= 15 is 0 Å². The molecule has 0 fully saturated rings. The Labute approximate surface area is 81.6 Å². The van der Waals surface area contributed by atoms with Crippen molar-refractivity contribution in [1.82, 2.24) is 4.98 Å². The average molecular weight is 216 g/mol. The molecule has 0 unspecified atom stereocenters. The summed E-state index contributed by atoms with van der Waals surface area (Å²) in [7, 11) is 0. The number of hydrogen-bond donors (Lipinski definition) is 1. The molecule has 0 amide bonds. The van der Waals surface area contributed by atoms with E-state index in [-0.39, 0.29) is 0 Å². The summed E-state index contributed by atoms with van der Waals surface area (Å²) in [6.45, 7) is 0. The SMILES string of the molecule is N#Cc1c(C(=O)O)ncc(C(F)F)c1F. The van der Waals surface area contributed by atoms with E-state index in [0.29, 0.717) is 6.20 Å². The highest BCUT2D eigenvalue weighted by atomic mass is 19.3. The second kappa shape index (κ2) is 3.96. The molecule has 1 aromatic rings. The lowest BCUT2D eigenvalue weighted by Crippen LogP contribution is -2.08. The molecule has 0 saturated heterocycles. The maximum atomic E-state index is 13.1. The molecule has 0 aliphatic carbocycles. The van der Waals surface area contributed by atoms with E-state index < -0.39 is 35.0 Å². The van der Waals surface area contributed by atoms with Gasteiger partial charge in [-0.25, -0.2) is 22.9 Å². The van der Waals surface area contributed by atoms with E-state index in [9.17, 15) is 18.0 Å². The molecular weight excluding hydrogens is 213 g/mol. The van der Waals surface area contributed by atoms with Gasteiger partial charge < -0.3 is 5.11 Å². The summed E-state index contributed by atoms with van der Waals surface area (Å²) in [5, 5.41) is 16.9. The fourth-order valence-electron chi connectivity index (χ4n) is 0.920. The van der Waals surface area contributed by atoms with Crippen molar-refractivity contribution in [1.29, 1.82) is 5.26 Å². The molecule has 0 aliphatic rings. The van der Waals surface area contributed by atoms with Crippen molar-refractivity contribution in [3.63, 3.8) is 0 Å². The van der Waals surface area contributed by atoms with Gasteiger partial charge in [-0.15, -0.1) is 0 Å². The Morgan fingerprint density at radius 2 is 2.20 bits per heavy atom. The molecule has 1 heterocycles. The number of carboxylic acids is 1. The van der Waals surface area contributed by atoms with Crippen molar-refractivity contribution < 1.29 is 23.1 Å². The minimum atomic E-state index is -3.15. The van der Waals surface area contributed by atoms with Gasteiger partial charge >= 0.3 is 5.97 Å². The molecule has 0 aromatic carbocycles. The molecule has 0 radical (unpaired) electrons. The quantitative estimate of drug-likeness (QED) is 0.816. The molecule has 78 valence electrons. The predicted molar refractivity (Wildman–Crippen MR) is 40.8 cm³/mol. The van der Waals surface area contributed by atoms with Crippen molar-refractivity contribution in [3.05, 3.63) is 28.8 Å². The third kappa shape index (κ3) is 1.88. The van der Waals surface area contributed by atoms with Gasteiger partial charge in [-0.05, 0) is 0 Å². The lowest BCUT2D eigenvalue weighted by atomic mass is 10.1. The number of halogens is 3. The van der Waals surface area contributed by atoms with E-state index in [1.807, 2.05) is 0 Å². The summed E-state index contributed by atoms with van der Waals surface area (Å²) in [4.78, 5) is 13.5. The third-order valence-electron chi connectivity index (χ3n) is 1.59. The first-order valence-corrected chi connectivity index (χ1v) is 3.59. The molecule has 1 rings (SSSR count). The van der Waals surface area contributed by atoms with Gasteiger partial charge in [-0.2, -0.15) is 5.26 Å². The smallest absolute Gasteiger partial charge is 0.355 e. The van der Waals surface area contributed by atoms with Gasteiger partial charge in [0.2, 0.25) is 0 Å². The van der Waals surface area contributed by atoms with Gasteiger partial charge in [0.25, 0.3) is 6.43 Å². The fraction of sp³-hybridized carbons (Fsp3) is 0.125. The van der Waals surface area contributed by atoms with Crippen LogP contribution < -0.4 is 0 Å². The van der Waals surface area contributed by atoms with Crippen LogP contribution in [0.4, 0.5) is 13.2 Å². The summed E-state index contributed by atoms with van der Waals surface area (Å²) in [6.07, 6.45) is -2.74. The number of rotatable bonds is 2. The molecule has 1 N–H and O–H groups in total. The van der Waals surface area contributed by atoms with E-state index in [1.54, 1.807) is 0 Å². The van der Waals surface area contributed by atoms with Gasteiger partial charge in [0, 0.05) is 6.20 Å². The minimum absolute atomic E-state index is 0.407. The largest absolute Gasteiger partial charge is 0.476 e. The lowest BCUT2D eigenvalue weighted by Gasteiger charge is -2.04. The molecular formula is C8H3F3N2O2. The van der Waals surface area contributed by atoms with Crippen LogP contribution in [0, 0.1) is 17.1 Å². The molecule has 15 heavy (non-hydrogen) atoms. The Hall–Kier alpha value is -2.10. The van der Waals surface area contributed by atoms with Crippen LogP contribution in [-0.4, -0.2) is 16.1 Å². The van der Waals surface area contributed by atoms with Crippen molar-refractivity contribution >= 4 is 5.97 Å². The first-order valence-electron chi connectivity index (χ1n) is 3.59. The summed E-state index contributed by atoms with van der Waals surface area (Å²) < 4.78 is 37.4. The zero-order valence-electron chi connectivity index (χ0n) is 7.04. The summed E-state index contributed by atoms with van der Waals surface area (Å²) >= 11 is 0. The molecule has 0 saturated carbocycles. The first kappa shape index (κ1) is 11.0. The number of hydrogen-bond acceptors (Lipinski definition) is 3. The molecule has 0 aliphatic heterocycles. The van der Waals surface area contributed by atoms with Crippen LogP contribution in [0.15, 0.2) is 6.20 Å². The first-order chi connectivity index (χ1) is 6.99. The maximum Gasteiger partial charge on any atom is 0.355 e. The standard InChI is InChI=1S/C8H3F3N2O2/c9-5-3(1-12)6(8(14)15)13-2-4(5)7(10)11/h2,7H,(H,14,15). The second-order valence-corrected chi connectivity index (χ2v) is 2.47. The number of aromatic carboxylic acids is 1. The summed E-state index contributed by atoms with van der Waals surface area (Å²) in [5.41, 5.74) is -2.95. The highest BCUT2D eigenvalue weighted by Gasteiger charge is 2.23. The number of aromatic nitrogens is 1. The zero-order valence-corrected chi connectivity index (χ0v) is 7.04. The van der Waals surface area contributed by atoms with Crippen LogP contribution in [0.5, 0.6) is 0 Å². The monoisotopic (exact) mass is 216 g/mol. The number of carboxylic acid groups (broad SMARTS) is 1. The number of alkyl halides is 2. The number of nitrogens with zero attached hydrogens (tertiary/aromatic N) is 2. The van der Waals surface area contributed by atoms with E-state index in [0.717, 1.165) is 0 Å². The van der Waals surface area contributed by atoms with Crippen molar-refractivity contribution in [3.8, 4) is 6.07 Å². The Balaban J connectivity index is 3.48. The van der Waals surface area contributed by atoms with Gasteiger partial charge in [-0.1, -0.05) is 0 Å². The van der Waals surface area contributed by atoms with Crippen LogP contribution in [-0.2, 0) is 0 Å². The van der Waals surface area contributed by atoms with Crippen LogP contribution >= 0.6 is 0 Å². The van der Waals surface area contributed by atoms with Crippen LogP contribution in [0.3, 0.4) is 0 Å². The Kier molecular flexibility index (Phi) is 2.90. The second-order valence-electron chi connectivity index (χ2n) is 2.47. The number of nitriles is 1. The van der Waals surface area contributed by atoms with Gasteiger partial charge in [0.05, 0.1) is 5.56 Å². The number of pyridine rings is 1. The van der Waals surface area contributed by atoms with Gasteiger partial charge in [-0.3, -0.25) is 0 Å². The van der Waals surface area contributed by atoms with E-state index in [2.05, 4.69) is 4.98 Å². The van der Waals surface area contributed by atoms with Crippen LogP contribution in [0.25, 0.3) is 0 Å². The Morgan fingerprint density at radius 3 is 2.60 bits per heavy atom. The minimum Gasteiger partial charge on any atom is -0.476 e. The average Bonchev–Trinajstić information content (AvgIpc) is 2.16. The van der Waals surface area contributed by atoms with Gasteiger partial charge in [0.15, 0.2) is 11.5 Å². The normalized spacial score (nSPS) is 10.1. The molecule has 4 nitrogen and oxygen atoms in total. The van der Waals surface area contributed by atoms with Crippen molar-refractivity contribution in [2.75, 3.05) is 0 Å². The number of carbonyl (C=O) groups is 1. The predicted octanol–water partition coefficient (Wildman–Crippen LogP) is 1.73.